The Labute approximate surface area is 75.4 Å². The first kappa shape index (κ1) is 8.96. The molecule has 1 atom stereocenters. The van der Waals surface area contributed by atoms with Gasteiger partial charge in [-0.1, -0.05) is 24.4 Å². The second kappa shape index (κ2) is 3.51. The molecule has 0 saturated carbocycles. The lowest BCUT2D eigenvalue weighted by molar-refractivity contribution is 0.248. The van der Waals surface area contributed by atoms with E-state index in [9.17, 15) is 5.11 Å². The van der Waals surface area contributed by atoms with Crippen LogP contribution in [0.1, 0.15) is 11.7 Å². The lowest BCUT2D eigenvalue weighted by Crippen LogP contribution is -2.18. The zero-order valence-corrected chi connectivity index (χ0v) is 7.08. The first-order valence-corrected chi connectivity index (χ1v) is 3.78. The summed E-state index contributed by atoms with van der Waals surface area (Å²) in [6.07, 6.45) is -0.930. The van der Waals surface area contributed by atoms with Crippen molar-refractivity contribution in [2.45, 2.75) is 6.10 Å². The third-order valence-electron chi connectivity index (χ3n) is 1.48. The van der Waals surface area contributed by atoms with E-state index in [1.165, 1.54) is 12.1 Å². The Hall–Kier alpha value is -1.13. The number of thiocarbonyl (C=S) groups is 1. The highest BCUT2D eigenvalue weighted by molar-refractivity contribution is 7.80. The minimum atomic E-state index is -0.930. The topological polar surface area (TPSA) is 66.5 Å². The van der Waals surface area contributed by atoms with Crippen molar-refractivity contribution in [2.24, 2.45) is 5.73 Å². The van der Waals surface area contributed by atoms with Gasteiger partial charge >= 0.3 is 0 Å². The zero-order valence-electron chi connectivity index (χ0n) is 6.27. The van der Waals surface area contributed by atoms with E-state index >= 15 is 0 Å². The number of phenols is 1. The fourth-order valence-electron chi connectivity index (χ4n) is 0.821. The average Bonchev–Trinajstić information content (AvgIpc) is 2.04. The summed E-state index contributed by atoms with van der Waals surface area (Å²) < 4.78 is 0. The Balaban J connectivity index is 2.89. The fraction of sp³-hybridized carbons (Fsp3) is 0.125. The highest BCUT2D eigenvalue weighted by atomic mass is 32.1. The molecule has 0 aromatic heterocycles. The van der Waals surface area contributed by atoms with Gasteiger partial charge < -0.3 is 15.9 Å². The first-order valence-electron chi connectivity index (χ1n) is 3.37. The number of hydrogen-bond acceptors (Lipinski definition) is 3. The van der Waals surface area contributed by atoms with E-state index in [4.69, 9.17) is 10.8 Å². The first-order chi connectivity index (χ1) is 5.61. The summed E-state index contributed by atoms with van der Waals surface area (Å²) in [6.45, 7) is 0. The Morgan fingerprint density at radius 2 is 1.83 bits per heavy atom. The van der Waals surface area contributed by atoms with Crippen molar-refractivity contribution in [3.05, 3.63) is 29.8 Å². The molecule has 0 saturated heterocycles. The van der Waals surface area contributed by atoms with Crippen LogP contribution in [0, 0.1) is 0 Å². The van der Waals surface area contributed by atoms with Gasteiger partial charge in [-0.25, -0.2) is 0 Å². The van der Waals surface area contributed by atoms with E-state index in [-0.39, 0.29) is 10.7 Å². The van der Waals surface area contributed by atoms with E-state index in [2.05, 4.69) is 12.2 Å². The molecule has 1 rings (SSSR count). The highest BCUT2D eigenvalue weighted by Gasteiger charge is 2.08. The molecule has 12 heavy (non-hydrogen) atoms. The molecule has 64 valence electrons. The van der Waals surface area contributed by atoms with Crippen LogP contribution in [0.2, 0.25) is 0 Å². The number of rotatable bonds is 2. The molecule has 3 nitrogen and oxygen atoms in total. The van der Waals surface area contributed by atoms with Crippen molar-refractivity contribution < 1.29 is 10.2 Å². The number of hydrogen-bond donors (Lipinski definition) is 3. The number of aromatic hydroxyl groups is 1. The molecule has 0 spiro atoms. The zero-order chi connectivity index (χ0) is 9.14. The van der Waals surface area contributed by atoms with Crippen LogP contribution in [0.4, 0.5) is 0 Å². The van der Waals surface area contributed by atoms with Crippen LogP contribution in [0.3, 0.4) is 0 Å². The van der Waals surface area contributed by atoms with Crippen LogP contribution in [0.15, 0.2) is 24.3 Å². The second-order valence-corrected chi connectivity index (χ2v) is 2.87. The van der Waals surface area contributed by atoms with Gasteiger partial charge in [0.15, 0.2) is 0 Å². The summed E-state index contributed by atoms with van der Waals surface area (Å²) in [6, 6.07) is 6.08. The third-order valence-corrected chi connectivity index (χ3v) is 1.70. The minimum absolute atomic E-state index is 0.0284. The molecule has 4 heteroatoms. The predicted molar refractivity (Wildman–Crippen MR) is 49.9 cm³/mol. The SMILES string of the molecule is NC(=S)C(O)c1ccc(O)cc1. The smallest absolute Gasteiger partial charge is 0.129 e. The number of aliphatic hydroxyl groups excluding tert-OH is 1. The van der Waals surface area contributed by atoms with E-state index in [1.807, 2.05) is 0 Å². The molecule has 1 aromatic carbocycles. The maximum Gasteiger partial charge on any atom is 0.129 e. The molecule has 4 N–H and O–H groups in total. The summed E-state index contributed by atoms with van der Waals surface area (Å²) in [7, 11) is 0. The Morgan fingerprint density at radius 1 is 1.33 bits per heavy atom. The molecule has 0 fully saturated rings. The minimum Gasteiger partial charge on any atom is -0.508 e. The van der Waals surface area contributed by atoms with Crippen LogP contribution in [-0.4, -0.2) is 15.2 Å². The molecule has 0 aliphatic heterocycles. The second-order valence-electron chi connectivity index (χ2n) is 2.40. The standard InChI is InChI=1S/C8H9NO2S/c9-8(12)7(11)5-1-3-6(10)4-2-5/h1-4,7,10-11H,(H2,9,12). The summed E-state index contributed by atoms with van der Waals surface area (Å²) in [5.74, 6) is 0.147. The van der Waals surface area contributed by atoms with Gasteiger partial charge in [-0.3, -0.25) is 0 Å². The van der Waals surface area contributed by atoms with E-state index < -0.39 is 6.10 Å². The van der Waals surface area contributed by atoms with Crippen LogP contribution in [0.25, 0.3) is 0 Å². The normalized spacial score (nSPS) is 12.4. The van der Waals surface area contributed by atoms with Crippen molar-refractivity contribution >= 4 is 17.2 Å². The average molecular weight is 183 g/mol. The maximum atomic E-state index is 9.34. The summed E-state index contributed by atoms with van der Waals surface area (Å²) in [5, 5.41) is 18.3. The van der Waals surface area contributed by atoms with Gasteiger partial charge in [0.25, 0.3) is 0 Å². The van der Waals surface area contributed by atoms with E-state index in [0.29, 0.717) is 5.56 Å². The molecule has 0 bridgehead atoms. The third kappa shape index (κ3) is 1.93. The van der Waals surface area contributed by atoms with Crippen molar-refractivity contribution in [1.29, 1.82) is 0 Å². The quantitative estimate of drug-likeness (QED) is 0.591. The molecule has 0 amide bonds. The fourth-order valence-corrected chi connectivity index (χ4v) is 0.957. The van der Waals surface area contributed by atoms with Crippen LogP contribution >= 0.6 is 12.2 Å². The predicted octanol–water partition coefficient (Wildman–Crippen LogP) is 0.712. The molecule has 0 aliphatic rings. The van der Waals surface area contributed by atoms with Crippen molar-refractivity contribution in [3.63, 3.8) is 0 Å². The lowest BCUT2D eigenvalue weighted by atomic mass is 10.1. The highest BCUT2D eigenvalue weighted by Crippen LogP contribution is 2.16. The molecular formula is C8H9NO2S. The number of aliphatic hydroxyl groups is 1. The molecular weight excluding hydrogens is 174 g/mol. The van der Waals surface area contributed by atoms with Gasteiger partial charge in [0.2, 0.25) is 0 Å². The molecule has 0 radical (unpaired) electrons. The van der Waals surface area contributed by atoms with Gasteiger partial charge in [0, 0.05) is 0 Å². The van der Waals surface area contributed by atoms with Crippen LogP contribution < -0.4 is 5.73 Å². The Bertz CT molecular complexity index is 284. The van der Waals surface area contributed by atoms with Gasteiger partial charge in [-0.2, -0.15) is 0 Å². The summed E-state index contributed by atoms with van der Waals surface area (Å²) in [5.41, 5.74) is 5.81. The van der Waals surface area contributed by atoms with Gasteiger partial charge in [-0.15, -0.1) is 0 Å². The molecule has 1 aromatic rings. The van der Waals surface area contributed by atoms with Gasteiger partial charge in [0.05, 0.1) is 0 Å². The van der Waals surface area contributed by atoms with Gasteiger partial charge in [-0.05, 0) is 17.7 Å². The number of benzene rings is 1. The molecule has 0 aliphatic carbocycles. The largest absolute Gasteiger partial charge is 0.508 e. The van der Waals surface area contributed by atoms with Gasteiger partial charge in [0.1, 0.15) is 16.8 Å². The number of phenolic OH excluding ortho intramolecular Hbond substituents is 1. The Morgan fingerprint density at radius 3 is 2.25 bits per heavy atom. The lowest BCUT2D eigenvalue weighted by Gasteiger charge is -2.07. The summed E-state index contributed by atoms with van der Waals surface area (Å²) >= 11 is 4.60. The monoisotopic (exact) mass is 183 g/mol. The van der Waals surface area contributed by atoms with E-state index in [0.717, 1.165) is 0 Å². The maximum absolute atomic E-state index is 9.34. The summed E-state index contributed by atoms with van der Waals surface area (Å²) in [4.78, 5) is 0.0284. The van der Waals surface area contributed by atoms with Crippen molar-refractivity contribution in [3.8, 4) is 5.75 Å². The van der Waals surface area contributed by atoms with Crippen LogP contribution in [-0.2, 0) is 0 Å². The molecule has 0 heterocycles. The Kier molecular flexibility index (Phi) is 2.62. The van der Waals surface area contributed by atoms with E-state index in [1.54, 1.807) is 12.1 Å². The molecule has 1 unspecified atom stereocenters. The number of nitrogens with two attached hydrogens (primary N) is 1. The van der Waals surface area contributed by atoms with Crippen LogP contribution in [0.5, 0.6) is 5.75 Å². The van der Waals surface area contributed by atoms with Crippen molar-refractivity contribution in [2.75, 3.05) is 0 Å². The van der Waals surface area contributed by atoms with Crippen molar-refractivity contribution in [1.82, 2.24) is 0 Å².